The fourth-order valence-electron chi connectivity index (χ4n) is 3.36. The number of ether oxygens (including phenoxy) is 1. The molecule has 1 aromatic rings. The van der Waals surface area contributed by atoms with Gasteiger partial charge in [-0.2, -0.15) is 0 Å². The van der Waals surface area contributed by atoms with Crippen LogP contribution >= 0.6 is 0 Å². The van der Waals surface area contributed by atoms with Crippen LogP contribution in [0.15, 0.2) is 18.2 Å². The van der Waals surface area contributed by atoms with Gasteiger partial charge in [-0.05, 0) is 56.9 Å². The van der Waals surface area contributed by atoms with Crippen molar-refractivity contribution in [1.29, 1.82) is 0 Å². The summed E-state index contributed by atoms with van der Waals surface area (Å²) >= 11 is 0. The summed E-state index contributed by atoms with van der Waals surface area (Å²) in [4.78, 5) is 14.6. The van der Waals surface area contributed by atoms with Crippen LogP contribution in [-0.4, -0.2) is 43.5 Å². The predicted molar refractivity (Wildman–Crippen MR) is 87.5 cm³/mol. The summed E-state index contributed by atoms with van der Waals surface area (Å²) in [5.74, 6) is 0.909. The van der Waals surface area contributed by atoms with Crippen LogP contribution in [0.3, 0.4) is 0 Å². The van der Waals surface area contributed by atoms with Crippen LogP contribution in [0.1, 0.15) is 48.0 Å². The zero-order valence-corrected chi connectivity index (χ0v) is 13.3. The molecule has 2 aliphatic rings. The van der Waals surface area contributed by atoms with Crippen LogP contribution in [0, 0.1) is 0 Å². The van der Waals surface area contributed by atoms with Crippen molar-refractivity contribution in [2.24, 2.45) is 0 Å². The van der Waals surface area contributed by atoms with Gasteiger partial charge in [0.15, 0.2) is 5.78 Å². The smallest absolute Gasteiger partial charge is 0.180 e. The Morgan fingerprint density at radius 2 is 1.95 bits per heavy atom. The minimum absolute atomic E-state index is 0.144. The molecule has 22 heavy (non-hydrogen) atoms. The van der Waals surface area contributed by atoms with Gasteiger partial charge in [-0.1, -0.05) is 18.6 Å². The molecule has 0 bridgehead atoms. The first kappa shape index (κ1) is 15.5. The molecule has 0 spiro atoms. The Hall–Kier alpha value is -1.39. The van der Waals surface area contributed by atoms with E-state index in [2.05, 4.69) is 10.2 Å². The number of likely N-dealkylation sites (tertiary alicyclic amines) is 1. The van der Waals surface area contributed by atoms with Crippen molar-refractivity contribution in [2.45, 2.75) is 38.6 Å². The van der Waals surface area contributed by atoms with E-state index in [4.69, 9.17) is 4.74 Å². The second kappa shape index (κ2) is 7.75. The number of fused-ring (bicyclic) bond motifs is 1. The Labute approximate surface area is 132 Å². The molecule has 4 heteroatoms. The van der Waals surface area contributed by atoms with Gasteiger partial charge in [0.1, 0.15) is 5.75 Å². The molecule has 0 radical (unpaired) electrons. The molecule has 0 aromatic heterocycles. The average molecular weight is 302 g/mol. The molecule has 1 fully saturated rings. The third-order valence-electron chi connectivity index (χ3n) is 4.57. The van der Waals surface area contributed by atoms with Crippen molar-refractivity contribution in [1.82, 2.24) is 10.2 Å². The normalized spacial score (nSPS) is 19.0. The largest absolute Gasteiger partial charge is 0.493 e. The maximum absolute atomic E-state index is 12.1. The SMILES string of the molecule is O=C1CNCc2cccc(OCCCCN3CCCCC3)c21. The van der Waals surface area contributed by atoms with Gasteiger partial charge in [-0.15, -0.1) is 0 Å². The van der Waals surface area contributed by atoms with E-state index in [-0.39, 0.29) is 5.78 Å². The van der Waals surface area contributed by atoms with Crippen LogP contribution < -0.4 is 10.1 Å². The van der Waals surface area contributed by atoms with E-state index in [0.29, 0.717) is 13.2 Å². The zero-order chi connectivity index (χ0) is 15.2. The van der Waals surface area contributed by atoms with E-state index >= 15 is 0 Å². The number of ketones is 1. The molecule has 1 N–H and O–H groups in total. The molecule has 4 nitrogen and oxygen atoms in total. The molecule has 1 aromatic carbocycles. The second-order valence-corrected chi connectivity index (χ2v) is 6.27. The first-order valence-corrected chi connectivity index (χ1v) is 8.55. The first-order chi connectivity index (χ1) is 10.8. The number of piperidine rings is 1. The lowest BCUT2D eigenvalue weighted by Gasteiger charge is -2.26. The summed E-state index contributed by atoms with van der Waals surface area (Å²) in [5, 5.41) is 3.12. The summed E-state index contributed by atoms with van der Waals surface area (Å²) < 4.78 is 5.90. The van der Waals surface area contributed by atoms with Crippen molar-refractivity contribution in [3.05, 3.63) is 29.3 Å². The number of carbonyl (C=O) groups excluding carboxylic acids is 1. The number of hydrogen-bond donors (Lipinski definition) is 1. The molecular formula is C18H26N2O2. The average Bonchev–Trinajstić information content (AvgIpc) is 2.56. The molecule has 0 unspecified atom stereocenters. The maximum Gasteiger partial charge on any atom is 0.180 e. The molecule has 3 rings (SSSR count). The molecule has 0 atom stereocenters. The molecule has 120 valence electrons. The number of carbonyl (C=O) groups is 1. The molecule has 2 aliphatic heterocycles. The number of rotatable bonds is 6. The van der Waals surface area contributed by atoms with E-state index < -0.39 is 0 Å². The number of nitrogens with one attached hydrogen (secondary N) is 1. The van der Waals surface area contributed by atoms with Gasteiger partial charge in [0.2, 0.25) is 0 Å². The number of unbranched alkanes of at least 4 members (excludes halogenated alkanes) is 1. The van der Waals surface area contributed by atoms with E-state index in [0.717, 1.165) is 29.8 Å². The molecule has 0 amide bonds. The number of Topliss-reactive ketones (excluding diaryl/α,β-unsaturated/α-hetero) is 1. The van der Waals surface area contributed by atoms with E-state index in [1.54, 1.807) is 0 Å². The standard InChI is InChI=1S/C18H26N2O2/c21-16-14-19-13-15-7-6-8-17(18(15)16)22-12-5-4-11-20-9-2-1-3-10-20/h6-8,19H,1-5,9-14H2. The summed E-state index contributed by atoms with van der Waals surface area (Å²) in [6.45, 7) is 5.57. The first-order valence-electron chi connectivity index (χ1n) is 8.55. The minimum Gasteiger partial charge on any atom is -0.493 e. The molecule has 2 heterocycles. The lowest BCUT2D eigenvalue weighted by atomic mass is 9.99. The van der Waals surface area contributed by atoms with Gasteiger partial charge in [-0.3, -0.25) is 4.79 Å². The Bertz CT molecular complexity index is 510. The van der Waals surface area contributed by atoms with Gasteiger partial charge in [0, 0.05) is 6.54 Å². The van der Waals surface area contributed by atoms with Crippen molar-refractivity contribution in [2.75, 3.05) is 32.8 Å². The number of nitrogens with zero attached hydrogens (tertiary/aromatic N) is 1. The van der Waals surface area contributed by atoms with Gasteiger partial charge in [0.25, 0.3) is 0 Å². The third kappa shape index (κ3) is 3.87. The molecule has 1 saturated heterocycles. The third-order valence-corrected chi connectivity index (χ3v) is 4.57. The summed E-state index contributed by atoms with van der Waals surface area (Å²) in [6, 6.07) is 5.90. The fourth-order valence-corrected chi connectivity index (χ4v) is 3.36. The predicted octanol–water partition coefficient (Wildman–Crippen LogP) is 2.62. The van der Waals surface area contributed by atoms with Gasteiger partial charge < -0.3 is 15.0 Å². The van der Waals surface area contributed by atoms with E-state index in [1.165, 1.54) is 45.3 Å². The van der Waals surface area contributed by atoms with E-state index in [9.17, 15) is 4.79 Å². The fraction of sp³-hybridized carbons (Fsp3) is 0.611. The van der Waals surface area contributed by atoms with Crippen LogP contribution in [0.4, 0.5) is 0 Å². The van der Waals surface area contributed by atoms with Crippen molar-refractivity contribution in [3.63, 3.8) is 0 Å². The van der Waals surface area contributed by atoms with Crippen LogP contribution in [0.5, 0.6) is 5.75 Å². The van der Waals surface area contributed by atoms with Crippen molar-refractivity contribution >= 4 is 5.78 Å². The quantitative estimate of drug-likeness (QED) is 0.820. The lowest BCUT2D eigenvalue weighted by molar-refractivity contribution is 0.0977. The number of benzene rings is 1. The van der Waals surface area contributed by atoms with Crippen LogP contribution in [0.25, 0.3) is 0 Å². The lowest BCUT2D eigenvalue weighted by Crippen LogP contribution is -2.31. The number of hydrogen-bond acceptors (Lipinski definition) is 4. The Morgan fingerprint density at radius 3 is 2.82 bits per heavy atom. The highest BCUT2D eigenvalue weighted by molar-refractivity contribution is 6.02. The maximum atomic E-state index is 12.1. The van der Waals surface area contributed by atoms with Gasteiger partial charge >= 0.3 is 0 Å². The zero-order valence-electron chi connectivity index (χ0n) is 13.3. The Kier molecular flexibility index (Phi) is 5.46. The highest BCUT2D eigenvalue weighted by Gasteiger charge is 2.20. The van der Waals surface area contributed by atoms with Crippen LogP contribution in [-0.2, 0) is 6.54 Å². The summed E-state index contributed by atoms with van der Waals surface area (Å²) in [6.07, 6.45) is 6.31. The van der Waals surface area contributed by atoms with Crippen molar-refractivity contribution < 1.29 is 9.53 Å². The molecule has 0 aliphatic carbocycles. The highest BCUT2D eigenvalue weighted by Crippen LogP contribution is 2.25. The highest BCUT2D eigenvalue weighted by atomic mass is 16.5. The Balaban J connectivity index is 1.45. The minimum atomic E-state index is 0.144. The van der Waals surface area contributed by atoms with Gasteiger partial charge in [0.05, 0.1) is 18.7 Å². The van der Waals surface area contributed by atoms with Gasteiger partial charge in [-0.25, -0.2) is 0 Å². The summed E-state index contributed by atoms with van der Waals surface area (Å²) in [7, 11) is 0. The molecule has 0 saturated carbocycles. The monoisotopic (exact) mass is 302 g/mol. The van der Waals surface area contributed by atoms with E-state index in [1.807, 2.05) is 18.2 Å². The van der Waals surface area contributed by atoms with Crippen molar-refractivity contribution in [3.8, 4) is 5.75 Å². The molecular weight excluding hydrogens is 276 g/mol. The second-order valence-electron chi connectivity index (χ2n) is 6.27. The summed E-state index contributed by atoms with van der Waals surface area (Å²) in [5.41, 5.74) is 1.85. The van der Waals surface area contributed by atoms with Crippen LogP contribution in [0.2, 0.25) is 0 Å². The topological polar surface area (TPSA) is 41.6 Å². The Morgan fingerprint density at radius 1 is 1.09 bits per heavy atom.